The molecule has 1 aliphatic rings. The van der Waals surface area contributed by atoms with Crippen LogP contribution in [0.15, 0.2) is 29.6 Å². The molecule has 0 saturated carbocycles. The third kappa shape index (κ3) is 3.42. The third-order valence-electron chi connectivity index (χ3n) is 3.47. The smallest absolute Gasteiger partial charge is 0.261 e. The minimum atomic E-state index is -0.385. The van der Waals surface area contributed by atoms with E-state index in [1.54, 1.807) is 11.3 Å². The fourth-order valence-corrected chi connectivity index (χ4v) is 3.23. The second-order valence-corrected chi connectivity index (χ2v) is 6.14. The number of benzene rings is 1. The number of carbonyl (C=O) groups excluding carboxylic acids is 1. The van der Waals surface area contributed by atoms with Gasteiger partial charge in [0.1, 0.15) is 5.75 Å². The Labute approximate surface area is 128 Å². The largest absolute Gasteiger partial charge is 0.480 e. The van der Waals surface area contributed by atoms with Crippen molar-refractivity contribution in [3.05, 3.63) is 45.9 Å². The van der Waals surface area contributed by atoms with Crippen LogP contribution in [0.5, 0.6) is 5.75 Å². The van der Waals surface area contributed by atoms with Gasteiger partial charge in [-0.1, -0.05) is 18.2 Å². The topological polar surface area (TPSA) is 51.2 Å². The number of aromatic nitrogens is 1. The van der Waals surface area contributed by atoms with E-state index in [2.05, 4.69) is 15.7 Å². The van der Waals surface area contributed by atoms with Crippen LogP contribution in [-0.4, -0.2) is 23.5 Å². The maximum Gasteiger partial charge on any atom is 0.261 e. The lowest BCUT2D eigenvalue weighted by molar-refractivity contribution is -0.127. The molecule has 1 aliphatic heterocycles. The summed E-state index contributed by atoms with van der Waals surface area (Å²) in [6.45, 7) is 2.66. The van der Waals surface area contributed by atoms with Gasteiger partial charge in [0.05, 0.1) is 5.01 Å². The van der Waals surface area contributed by atoms with Gasteiger partial charge in [0.25, 0.3) is 5.91 Å². The predicted molar refractivity (Wildman–Crippen MR) is 82.7 cm³/mol. The molecule has 1 amide bonds. The number of hydrogen-bond acceptors (Lipinski definition) is 4. The molecule has 3 rings (SSSR count). The van der Waals surface area contributed by atoms with Gasteiger partial charge in [-0.25, -0.2) is 4.98 Å². The van der Waals surface area contributed by atoms with Crippen molar-refractivity contribution in [3.63, 3.8) is 0 Å². The summed E-state index contributed by atoms with van der Waals surface area (Å²) in [5.41, 5.74) is 2.17. The number of aryl methyl sites for hydroxylation is 2. The lowest BCUT2D eigenvalue weighted by Crippen LogP contribution is -2.38. The molecule has 0 spiro atoms. The van der Waals surface area contributed by atoms with Gasteiger partial charge >= 0.3 is 0 Å². The fraction of sp³-hybridized carbons (Fsp3) is 0.375. The number of para-hydroxylation sites is 1. The van der Waals surface area contributed by atoms with Gasteiger partial charge in [0, 0.05) is 30.5 Å². The molecule has 5 heteroatoms. The van der Waals surface area contributed by atoms with E-state index in [-0.39, 0.29) is 12.0 Å². The maximum atomic E-state index is 12.1. The van der Waals surface area contributed by atoms with Gasteiger partial charge in [-0.15, -0.1) is 11.3 Å². The molecule has 1 atom stereocenters. The molecule has 1 N–H and O–H groups in total. The van der Waals surface area contributed by atoms with Gasteiger partial charge in [0.2, 0.25) is 0 Å². The molecule has 0 aliphatic carbocycles. The lowest BCUT2D eigenvalue weighted by atomic mass is 10.1. The van der Waals surface area contributed by atoms with Crippen LogP contribution < -0.4 is 10.1 Å². The predicted octanol–water partition coefficient (Wildman–Crippen LogP) is 2.50. The first-order valence-electron chi connectivity index (χ1n) is 7.15. The van der Waals surface area contributed by atoms with Gasteiger partial charge in [-0.3, -0.25) is 4.79 Å². The number of thiazole rings is 1. The van der Waals surface area contributed by atoms with Crippen molar-refractivity contribution in [1.82, 2.24) is 10.3 Å². The van der Waals surface area contributed by atoms with Crippen molar-refractivity contribution >= 4 is 17.2 Å². The number of nitrogens with zero attached hydrogens (tertiary/aromatic N) is 1. The second-order valence-electron chi connectivity index (χ2n) is 5.20. The highest BCUT2D eigenvalue weighted by Crippen LogP contribution is 2.28. The molecule has 4 nitrogen and oxygen atoms in total. The molecule has 110 valence electrons. The van der Waals surface area contributed by atoms with Crippen LogP contribution >= 0.6 is 11.3 Å². The molecule has 0 bridgehead atoms. The third-order valence-corrected chi connectivity index (χ3v) is 4.50. The first-order chi connectivity index (χ1) is 10.2. The van der Waals surface area contributed by atoms with E-state index in [0.717, 1.165) is 34.9 Å². The molecular formula is C16H18N2O2S. The molecular weight excluding hydrogens is 284 g/mol. The standard InChI is InChI=1S/C16H18N2O2S/c1-11-10-21-15(18-11)7-4-8-17-16(19)14-9-12-5-2-3-6-13(12)20-14/h2-3,5-6,10,14H,4,7-9H2,1H3,(H,17,19)/t14-/m0/s1. The molecule has 21 heavy (non-hydrogen) atoms. The van der Waals surface area contributed by atoms with Crippen LogP contribution in [0.1, 0.15) is 22.7 Å². The molecule has 0 fully saturated rings. The van der Waals surface area contributed by atoms with Crippen LogP contribution in [-0.2, 0) is 17.6 Å². The van der Waals surface area contributed by atoms with E-state index in [0.29, 0.717) is 13.0 Å². The first kappa shape index (κ1) is 14.1. The summed E-state index contributed by atoms with van der Waals surface area (Å²) in [7, 11) is 0. The van der Waals surface area contributed by atoms with Gasteiger partial charge in [0.15, 0.2) is 6.10 Å². The van der Waals surface area contributed by atoms with Crippen LogP contribution in [0.2, 0.25) is 0 Å². The van der Waals surface area contributed by atoms with E-state index in [1.807, 2.05) is 31.2 Å². The minimum absolute atomic E-state index is 0.0264. The molecule has 2 aromatic rings. The number of nitrogens with one attached hydrogen (secondary N) is 1. The zero-order valence-electron chi connectivity index (χ0n) is 12.0. The molecule has 0 saturated heterocycles. The highest BCUT2D eigenvalue weighted by molar-refractivity contribution is 7.09. The van der Waals surface area contributed by atoms with E-state index in [4.69, 9.17) is 4.74 Å². The number of ether oxygens (including phenoxy) is 1. The first-order valence-corrected chi connectivity index (χ1v) is 8.03. The number of hydrogen-bond donors (Lipinski definition) is 1. The summed E-state index contributed by atoms with van der Waals surface area (Å²) in [5, 5.41) is 6.13. The summed E-state index contributed by atoms with van der Waals surface area (Å²) in [4.78, 5) is 16.5. The summed E-state index contributed by atoms with van der Waals surface area (Å²) in [6, 6.07) is 7.81. The normalized spacial score (nSPS) is 16.3. The molecule has 1 aromatic carbocycles. The number of carbonyl (C=O) groups is 1. The molecule has 1 aromatic heterocycles. The Morgan fingerprint density at radius 1 is 1.48 bits per heavy atom. The van der Waals surface area contributed by atoms with Crippen LogP contribution in [0.25, 0.3) is 0 Å². The molecule has 0 unspecified atom stereocenters. The Morgan fingerprint density at radius 2 is 2.33 bits per heavy atom. The Kier molecular flexibility index (Phi) is 4.20. The monoisotopic (exact) mass is 302 g/mol. The van der Waals surface area contributed by atoms with Gasteiger partial charge in [-0.2, -0.15) is 0 Å². The Hall–Kier alpha value is -1.88. The fourth-order valence-electron chi connectivity index (χ4n) is 2.41. The Bertz CT molecular complexity index is 614. The minimum Gasteiger partial charge on any atom is -0.480 e. The zero-order chi connectivity index (χ0) is 14.7. The van der Waals surface area contributed by atoms with Crippen molar-refractivity contribution in [2.75, 3.05) is 6.54 Å². The summed E-state index contributed by atoms with van der Waals surface area (Å²) in [6.07, 6.45) is 2.08. The van der Waals surface area contributed by atoms with Crippen molar-refractivity contribution in [2.24, 2.45) is 0 Å². The lowest BCUT2D eigenvalue weighted by Gasteiger charge is -2.10. The summed E-state index contributed by atoms with van der Waals surface area (Å²) >= 11 is 1.68. The summed E-state index contributed by atoms with van der Waals surface area (Å²) < 4.78 is 5.67. The van der Waals surface area contributed by atoms with Crippen molar-refractivity contribution in [2.45, 2.75) is 32.3 Å². The molecule has 0 radical (unpaired) electrons. The van der Waals surface area contributed by atoms with Gasteiger partial charge in [-0.05, 0) is 25.0 Å². The quantitative estimate of drug-likeness (QED) is 0.863. The average Bonchev–Trinajstić information content (AvgIpc) is 3.09. The number of fused-ring (bicyclic) bond motifs is 1. The maximum absolute atomic E-state index is 12.1. The average molecular weight is 302 g/mol. The number of amides is 1. The Balaban J connectivity index is 1.41. The van der Waals surface area contributed by atoms with Crippen molar-refractivity contribution in [3.8, 4) is 5.75 Å². The van der Waals surface area contributed by atoms with E-state index in [1.165, 1.54) is 0 Å². The SMILES string of the molecule is Cc1csc(CCCNC(=O)[C@@H]2Cc3ccccc3O2)n1. The summed E-state index contributed by atoms with van der Waals surface area (Å²) in [5.74, 6) is 0.803. The second kappa shape index (κ2) is 6.26. The Morgan fingerprint density at radius 3 is 3.10 bits per heavy atom. The van der Waals surface area contributed by atoms with Crippen LogP contribution in [0.3, 0.4) is 0 Å². The van der Waals surface area contributed by atoms with Crippen molar-refractivity contribution in [1.29, 1.82) is 0 Å². The highest BCUT2D eigenvalue weighted by atomic mass is 32.1. The van der Waals surface area contributed by atoms with E-state index >= 15 is 0 Å². The van der Waals surface area contributed by atoms with Crippen LogP contribution in [0, 0.1) is 6.92 Å². The van der Waals surface area contributed by atoms with E-state index < -0.39 is 0 Å². The zero-order valence-corrected chi connectivity index (χ0v) is 12.8. The highest BCUT2D eigenvalue weighted by Gasteiger charge is 2.28. The van der Waals surface area contributed by atoms with Crippen LogP contribution in [0.4, 0.5) is 0 Å². The van der Waals surface area contributed by atoms with Crippen molar-refractivity contribution < 1.29 is 9.53 Å². The van der Waals surface area contributed by atoms with Gasteiger partial charge < -0.3 is 10.1 Å². The number of rotatable bonds is 5. The van der Waals surface area contributed by atoms with E-state index in [9.17, 15) is 4.79 Å². The molecule has 2 heterocycles.